The van der Waals surface area contributed by atoms with Gasteiger partial charge in [-0.2, -0.15) is 9.57 Å². The molecule has 1 atom stereocenters. The number of amides is 1. The Hall–Kier alpha value is -1.91. The van der Waals surface area contributed by atoms with Crippen LogP contribution in [0.15, 0.2) is 24.3 Å². The Morgan fingerprint density at radius 1 is 1.36 bits per heavy atom. The molecule has 1 N–H and O–H groups in total. The quantitative estimate of drug-likeness (QED) is 0.830. The molecule has 0 fully saturated rings. The van der Waals surface area contributed by atoms with Crippen molar-refractivity contribution in [1.29, 1.82) is 5.26 Å². The summed E-state index contributed by atoms with van der Waals surface area (Å²) in [4.78, 5) is 11.9. The van der Waals surface area contributed by atoms with Gasteiger partial charge in [0.15, 0.2) is 0 Å². The Kier molecular flexibility index (Phi) is 6.53. The predicted molar refractivity (Wildman–Crippen MR) is 85.7 cm³/mol. The fourth-order valence-corrected chi connectivity index (χ4v) is 3.21. The van der Waals surface area contributed by atoms with E-state index in [2.05, 4.69) is 5.32 Å². The predicted octanol–water partition coefficient (Wildman–Crippen LogP) is 1.95. The molecular formula is C15H21N3O3S. The van der Waals surface area contributed by atoms with Crippen LogP contribution in [0.2, 0.25) is 0 Å². The number of rotatable bonds is 7. The molecular weight excluding hydrogens is 302 g/mol. The van der Waals surface area contributed by atoms with Crippen LogP contribution < -0.4 is 5.32 Å². The maximum absolute atomic E-state index is 11.9. The summed E-state index contributed by atoms with van der Waals surface area (Å²) >= 11 is 0. The lowest BCUT2D eigenvalue weighted by molar-refractivity contribution is -0.116. The number of nitrogens with zero attached hydrogens (tertiary/aromatic N) is 2. The fraction of sp³-hybridized carbons (Fsp3) is 0.467. The zero-order valence-corrected chi connectivity index (χ0v) is 13.9. The van der Waals surface area contributed by atoms with Crippen LogP contribution in [0.4, 0.5) is 5.69 Å². The number of sulfonamides is 1. The van der Waals surface area contributed by atoms with Crippen molar-refractivity contribution in [3.8, 4) is 6.07 Å². The molecule has 0 bridgehead atoms. The lowest BCUT2D eigenvalue weighted by Crippen LogP contribution is -2.39. The lowest BCUT2D eigenvalue weighted by Gasteiger charge is -2.25. The zero-order valence-electron chi connectivity index (χ0n) is 13.0. The van der Waals surface area contributed by atoms with Crippen LogP contribution >= 0.6 is 0 Å². The van der Waals surface area contributed by atoms with Crippen LogP contribution in [0.5, 0.6) is 0 Å². The third-order valence-electron chi connectivity index (χ3n) is 3.37. The highest BCUT2D eigenvalue weighted by Gasteiger charge is 2.22. The number of hydrogen-bond donors (Lipinski definition) is 1. The maximum atomic E-state index is 11.9. The van der Waals surface area contributed by atoms with Crippen molar-refractivity contribution in [3.63, 3.8) is 0 Å². The third-order valence-corrected chi connectivity index (χ3v) is 4.76. The summed E-state index contributed by atoms with van der Waals surface area (Å²) in [6, 6.07) is 8.35. The first-order chi connectivity index (χ1) is 10.3. The first-order valence-electron chi connectivity index (χ1n) is 7.04. The SMILES string of the molecule is CCC(C)N(CCC(=O)Nc1ccc(C#N)cc1)S(C)(=O)=O. The number of benzene rings is 1. The molecule has 0 spiro atoms. The molecule has 6 nitrogen and oxygen atoms in total. The van der Waals surface area contributed by atoms with E-state index >= 15 is 0 Å². The van der Waals surface area contributed by atoms with Gasteiger partial charge in [-0.1, -0.05) is 6.92 Å². The van der Waals surface area contributed by atoms with Crippen molar-refractivity contribution in [3.05, 3.63) is 29.8 Å². The molecule has 1 aromatic rings. The molecule has 0 saturated carbocycles. The molecule has 0 aliphatic carbocycles. The molecule has 1 amide bonds. The Bertz CT molecular complexity index is 648. The molecule has 0 saturated heterocycles. The summed E-state index contributed by atoms with van der Waals surface area (Å²) in [6.45, 7) is 3.87. The van der Waals surface area contributed by atoms with Gasteiger partial charge in [0, 0.05) is 24.7 Å². The smallest absolute Gasteiger partial charge is 0.225 e. The molecule has 1 aromatic carbocycles. The second-order valence-corrected chi connectivity index (χ2v) is 7.05. The summed E-state index contributed by atoms with van der Waals surface area (Å²) in [5, 5.41) is 11.4. The molecule has 0 heterocycles. The number of nitrogens with one attached hydrogen (secondary N) is 1. The van der Waals surface area contributed by atoms with Gasteiger partial charge in [-0.15, -0.1) is 0 Å². The van der Waals surface area contributed by atoms with E-state index in [1.54, 1.807) is 24.3 Å². The third kappa shape index (κ3) is 5.47. The van der Waals surface area contributed by atoms with Crippen LogP contribution in [0, 0.1) is 11.3 Å². The zero-order chi connectivity index (χ0) is 16.8. The molecule has 0 aliphatic rings. The minimum Gasteiger partial charge on any atom is -0.326 e. The van der Waals surface area contributed by atoms with E-state index in [0.29, 0.717) is 17.7 Å². The number of anilines is 1. The largest absolute Gasteiger partial charge is 0.326 e. The van der Waals surface area contributed by atoms with Gasteiger partial charge in [0.1, 0.15) is 0 Å². The van der Waals surface area contributed by atoms with E-state index in [-0.39, 0.29) is 24.9 Å². The summed E-state index contributed by atoms with van der Waals surface area (Å²) in [5.74, 6) is -0.262. The second kappa shape index (κ2) is 7.92. The molecule has 0 aliphatic heterocycles. The van der Waals surface area contributed by atoms with Crippen molar-refractivity contribution in [2.45, 2.75) is 32.7 Å². The highest BCUT2D eigenvalue weighted by molar-refractivity contribution is 7.88. The number of hydrogen-bond acceptors (Lipinski definition) is 4. The molecule has 1 rings (SSSR count). The first-order valence-corrected chi connectivity index (χ1v) is 8.89. The topological polar surface area (TPSA) is 90.3 Å². The Labute approximate surface area is 131 Å². The minimum absolute atomic E-state index is 0.0808. The first kappa shape index (κ1) is 18.1. The summed E-state index contributed by atoms with van der Waals surface area (Å²) in [5.41, 5.74) is 1.09. The van der Waals surface area contributed by atoms with Crippen LogP contribution in [0.1, 0.15) is 32.3 Å². The second-order valence-electron chi connectivity index (χ2n) is 5.12. The van der Waals surface area contributed by atoms with Crippen molar-refractivity contribution >= 4 is 21.6 Å². The van der Waals surface area contributed by atoms with E-state index in [4.69, 9.17) is 5.26 Å². The van der Waals surface area contributed by atoms with Gasteiger partial charge in [0.05, 0.1) is 17.9 Å². The highest BCUT2D eigenvalue weighted by atomic mass is 32.2. The molecule has 22 heavy (non-hydrogen) atoms. The average molecular weight is 323 g/mol. The van der Waals surface area contributed by atoms with Gasteiger partial charge in [0.2, 0.25) is 15.9 Å². The summed E-state index contributed by atoms with van der Waals surface area (Å²) in [6.07, 6.45) is 1.92. The molecule has 0 radical (unpaired) electrons. The van der Waals surface area contributed by atoms with Gasteiger partial charge >= 0.3 is 0 Å². The average Bonchev–Trinajstić information content (AvgIpc) is 2.46. The Morgan fingerprint density at radius 3 is 2.41 bits per heavy atom. The van der Waals surface area contributed by atoms with Gasteiger partial charge in [-0.05, 0) is 37.6 Å². The lowest BCUT2D eigenvalue weighted by atomic mass is 10.2. The van der Waals surface area contributed by atoms with Crippen molar-refractivity contribution in [2.24, 2.45) is 0 Å². The van der Waals surface area contributed by atoms with Crippen LogP contribution in [0.25, 0.3) is 0 Å². The Balaban J connectivity index is 2.62. The molecule has 7 heteroatoms. The standard InChI is InChI=1S/C15H21N3O3S/c1-4-12(2)18(22(3,20)21)10-9-15(19)17-14-7-5-13(11-16)6-8-14/h5-8,12H,4,9-10H2,1-3H3,(H,17,19). The normalized spacial score (nSPS) is 12.7. The van der Waals surface area contributed by atoms with Gasteiger partial charge in [0.25, 0.3) is 0 Å². The number of carbonyl (C=O) groups is 1. The van der Waals surface area contributed by atoms with Crippen LogP contribution in [-0.2, 0) is 14.8 Å². The van der Waals surface area contributed by atoms with E-state index in [9.17, 15) is 13.2 Å². The molecule has 1 unspecified atom stereocenters. The van der Waals surface area contributed by atoms with Gasteiger partial charge < -0.3 is 5.32 Å². The van der Waals surface area contributed by atoms with E-state index in [1.165, 1.54) is 4.31 Å². The summed E-state index contributed by atoms with van der Waals surface area (Å²) < 4.78 is 24.8. The van der Waals surface area contributed by atoms with Crippen molar-refractivity contribution < 1.29 is 13.2 Å². The van der Waals surface area contributed by atoms with Gasteiger partial charge in [-0.3, -0.25) is 4.79 Å². The maximum Gasteiger partial charge on any atom is 0.225 e. The Morgan fingerprint density at radius 2 is 1.95 bits per heavy atom. The van der Waals surface area contributed by atoms with E-state index in [0.717, 1.165) is 6.26 Å². The van der Waals surface area contributed by atoms with E-state index in [1.807, 2.05) is 19.9 Å². The van der Waals surface area contributed by atoms with Crippen LogP contribution in [-0.4, -0.2) is 37.5 Å². The van der Waals surface area contributed by atoms with Crippen molar-refractivity contribution in [1.82, 2.24) is 4.31 Å². The number of carbonyl (C=O) groups excluding carboxylic acids is 1. The monoisotopic (exact) mass is 323 g/mol. The number of nitriles is 1. The molecule has 0 aromatic heterocycles. The molecule has 120 valence electrons. The van der Waals surface area contributed by atoms with Crippen molar-refractivity contribution in [2.75, 3.05) is 18.1 Å². The minimum atomic E-state index is -3.34. The van der Waals surface area contributed by atoms with E-state index < -0.39 is 10.0 Å². The summed E-state index contributed by atoms with van der Waals surface area (Å²) in [7, 11) is -3.34. The van der Waals surface area contributed by atoms with Gasteiger partial charge in [-0.25, -0.2) is 8.42 Å². The highest BCUT2D eigenvalue weighted by Crippen LogP contribution is 2.12. The van der Waals surface area contributed by atoms with Crippen LogP contribution in [0.3, 0.4) is 0 Å². The fourth-order valence-electron chi connectivity index (χ4n) is 1.98.